The van der Waals surface area contributed by atoms with Crippen molar-refractivity contribution in [3.63, 3.8) is 0 Å². The van der Waals surface area contributed by atoms with Crippen LogP contribution in [-0.2, 0) is 4.79 Å². The number of H-pyrrole nitrogens is 1. The number of aliphatic carboxylic acids is 1. The van der Waals surface area contributed by atoms with Crippen molar-refractivity contribution in [2.24, 2.45) is 0 Å². The molecule has 0 aliphatic rings. The highest BCUT2D eigenvalue weighted by molar-refractivity contribution is 5.98. The van der Waals surface area contributed by atoms with Crippen LogP contribution in [0.15, 0.2) is 48.7 Å². The highest BCUT2D eigenvalue weighted by atomic mass is 16.4. The first kappa shape index (κ1) is 15.7. The first-order valence-corrected chi connectivity index (χ1v) is 7.56. The van der Waals surface area contributed by atoms with E-state index < -0.39 is 12.0 Å². The highest BCUT2D eigenvalue weighted by Crippen LogP contribution is 2.22. The van der Waals surface area contributed by atoms with Crippen molar-refractivity contribution in [3.05, 3.63) is 65.4 Å². The van der Waals surface area contributed by atoms with Crippen molar-refractivity contribution in [2.75, 3.05) is 0 Å². The third-order valence-electron chi connectivity index (χ3n) is 3.95. The standard InChI is InChI=1S/C18H17N3O3/c1-11-4-2-3-5-14(11)16(9-17(22)23)20-18(24)12-6-7-15-13(8-12)10-19-21-15/h2-8,10,16H,9H2,1H3,(H,19,21)(H,20,24)(H,22,23)/t16-/m0/s1. The van der Waals surface area contributed by atoms with Gasteiger partial charge >= 0.3 is 5.97 Å². The van der Waals surface area contributed by atoms with Crippen molar-refractivity contribution in [1.29, 1.82) is 0 Å². The van der Waals surface area contributed by atoms with Gasteiger partial charge in [0.15, 0.2) is 0 Å². The van der Waals surface area contributed by atoms with Gasteiger partial charge in [-0.25, -0.2) is 0 Å². The molecule has 1 amide bonds. The van der Waals surface area contributed by atoms with Crippen LogP contribution in [0.4, 0.5) is 0 Å². The Morgan fingerprint density at radius 2 is 2.04 bits per heavy atom. The molecule has 0 unspecified atom stereocenters. The number of carboxylic acids is 1. The SMILES string of the molecule is Cc1ccccc1[C@H](CC(=O)O)NC(=O)c1ccc2[nH]ncc2c1. The topological polar surface area (TPSA) is 95.1 Å². The number of rotatable bonds is 5. The summed E-state index contributed by atoms with van der Waals surface area (Å²) in [5.41, 5.74) is 3.05. The number of hydrogen-bond acceptors (Lipinski definition) is 3. The zero-order chi connectivity index (χ0) is 17.1. The second kappa shape index (κ2) is 6.54. The first-order chi connectivity index (χ1) is 11.5. The molecule has 0 saturated heterocycles. The van der Waals surface area contributed by atoms with Gasteiger partial charge < -0.3 is 10.4 Å². The Bertz CT molecular complexity index is 901. The Labute approximate surface area is 138 Å². The summed E-state index contributed by atoms with van der Waals surface area (Å²) in [6.07, 6.45) is 1.47. The van der Waals surface area contributed by atoms with E-state index in [0.29, 0.717) is 5.56 Å². The maximum absolute atomic E-state index is 12.6. The molecule has 2 aromatic carbocycles. The van der Waals surface area contributed by atoms with Crippen LogP contribution in [0.2, 0.25) is 0 Å². The van der Waals surface area contributed by atoms with E-state index in [-0.39, 0.29) is 12.3 Å². The summed E-state index contributed by atoms with van der Waals surface area (Å²) in [5.74, 6) is -1.28. The van der Waals surface area contributed by atoms with Crippen molar-refractivity contribution in [3.8, 4) is 0 Å². The Morgan fingerprint density at radius 3 is 2.79 bits per heavy atom. The molecule has 3 rings (SSSR count). The summed E-state index contributed by atoms with van der Waals surface area (Å²) in [6, 6.07) is 12.0. The zero-order valence-electron chi connectivity index (χ0n) is 13.1. The summed E-state index contributed by atoms with van der Waals surface area (Å²) in [6.45, 7) is 1.90. The number of aromatic nitrogens is 2. The molecule has 0 radical (unpaired) electrons. The van der Waals surface area contributed by atoms with Crippen LogP contribution in [0, 0.1) is 6.92 Å². The van der Waals surface area contributed by atoms with Crippen LogP contribution in [0.5, 0.6) is 0 Å². The lowest BCUT2D eigenvalue weighted by atomic mass is 9.98. The van der Waals surface area contributed by atoms with Gasteiger partial charge in [-0.3, -0.25) is 14.7 Å². The number of benzene rings is 2. The van der Waals surface area contributed by atoms with E-state index in [2.05, 4.69) is 15.5 Å². The molecule has 1 atom stereocenters. The fourth-order valence-electron chi connectivity index (χ4n) is 2.72. The van der Waals surface area contributed by atoms with Crippen LogP contribution in [0.1, 0.15) is 33.9 Å². The second-order valence-corrected chi connectivity index (χ2v) is 5.65. The molecule has 0 spiro atoms. The largest absolute Gasteiger partial charge is 0.481 e. The fraction of sp³-hybridized carbons (Fsp3) is 0.167. The predicted molar refractivity (Wildman–Crippen MR) is 89.7 cm³/mol. The average molecular weight is 323 g/mol. The number of carbonyl (C=O) groups excluding carboxylic acids is 1. The highest BCUT2D eigenvalue weighted by Gasteiger charge is 2.20. The van der Waals surface area contributed by atoms with Crippen LogP contribution in [-0.4, -0.2) is 27.2 Å². The molecule has 0 aliphatic heterocycles. The molecule has 6 heteroatoms. The molecular weight excluding hydrogens is 306 g/mol. The maximum atomic E-state index is 12.6. The van der Waals surface area contributed by atoms with Gasteiger partial charge in [0.1, 0.15) is 0 Å². The molecule has 122 valence electrons. The van der Waals surface area contributed by atoms with Gasteiger partial charge in [-0.2, -0.15) is 5.10 Å². The van der Waals surface area contributed by atoms with E-state index in [0.717, 1.165) is 22.0 Å². The van der Waals surface area contributed by atoms with Crippen LogP contribution in [0.25, 0.3) is 10.9 Å². The molecule has 0 bridgehead atoms. The van der Waals surface area contributed by atoms with Crippen molar-refractivity contribution in [2.45, 2.75) is 19.4 Å². The van der Waals surface area contributed by atoms with Crippen molar-refractivity contribution >= 4 is 22.8 Å². The number of carbonyl (C=O) groups is 2. The van der Waals surface area contributed by atoms with Gasteiger partial charge in [-0.05, 0) is 36.2 Å². The Morgan fingerprint density at radius 1 is 1.25 bits per heavy atom. The lowest BCUT2D eigenvalue weighted by molar-refractivity contribution is -0.137. The lowest BCUT2D eigenvalue weighted by Gasteiger charge is -2.19. The molecule has 6 nitrogen and oxygen atoms in total. The first-order valence-electron chi connectivity index (χ1n) is 7.56. The van der Waals surface area contributed by atoms with Gasteiger partial charge in [-0.1, -0.05) is 24.3 Å². The third-order valence-corrected chi connectivity index (χ3v) is 3.95. The van der Waals surface area contributed by atoms with E-state index in [1.54, 1.807) is 24.4 Å². The molecular formula is C18H17N3O3. The summed E-state index contributed by atoms with van der Waals surface area (Å²) >= 11 is 0. The van der Waals surface area contributed by atoms with E-state index in [9.17, 15) is 9.59 Å². The van der Waals surface area contributed by atoms with E-state index >= 15 is 0 Å². The fourth-order valence-corrected chi connectivity index (χ4v) is 2.72. The van der Waals surface area contributed by atoms with Gasteiger partial charge in [0.25, 0.3) is 5.91 Å². The number of carboxylic acid groups (broad SMARTS) is 1. The third kappa shape index (κ3) is 3.27. The number of nitrogens with zero attached hydrogens (tertiary/aromatic N) is 1. The minimum absolute atomic E-state index is 0.176. The maximum Gasteiger partial charge on any atom is 0.305 e. The molecule has 0 saturated carbocycles. The number of fused-ring (bicyclic) bond motifs is 1. The summed E-state index contributed by atoms with van der Waals surface area (Å²) < 4.78 is 0. The Kier molecular flexibility index (Phi) is 4.29. The summed E-state index contributed by atoms with van der Waals surface area (Å²) in [7, 11) is 0. The van der Waals surface area contributed by atoms with Crippen LogP contribution < -0.4 is 5.32 Å². The number of aromatic amines is 1. The van der Waals surface area contributed by atoms with E-state index in [1.807, 2.05) is 31.2 Å². The number of nitrogens with one attached hydrogen (secondary N) is 2. The van der Waals surface area contributed by atoms with Gasteiger partial charge in [0, 0.05) is 10.9 Å². The minimum Gasteiger partial charge on any atom is -0.481 e. The predicted octanol–water partition coefficient (Wildman–Crippen LogP) is 2.82. The summed E-state index contributed by atoms with van der Waals surface area (Å²) in [5, 5.41) is 19.6. The Hall–Kier alpha value is -3.15. The zero-order valence-corrected chi connectivity index (χ0v) is 13.1. The Balaban J connectivity index is 1.87. The molecule has 24 heavy (non-hydrogen) atoms. The van der Waals surface area contributed by atoms with E-state index in [1.165, 1.54) is 0 Å². The van der Waals surface area contributed by atoms with Crippen molar-refractivity contribution < 1.29 is 14.7 Å². The molecule has 0 aliphatic carbocycles. The van der Waals surface area contributed by atoms with Crippen LogP contribution >= 0.6 is 0 Å². The second-order valence-electron chi connectivity index (χ2n) is 5.65. The van der Waals surface area contributed by atoms with Gasteiger partial charge in [0.05, 0.1) is 24.2 Å². The quantitative estimate of drug-likeness (QED) is 0.673. The number of aryl methyl sites for hydroxylation is 1. The number of amides is 1. The average Bonchev–Trinajstić information content (AvgIpc) is 3.01. The van der Waals surface area contributed by atoms with Crippen LogP contribution in [0.3, 0.4) is 0 Å². The minimum atomic E-state index is -0.964. The van der Waals surface area contributed by atoms with E-state index in [4.69, 9.17) is 5.11 Å². The lowest BCUT2D eigenvalue weighted by Crippen LogP contribution is -2.30. The molecule has 3 aromatic rings. The van der Waals surface area contributed by atoms with Gasteiger partial charge in [0.2, 0.25) is 0 Å². The normalized spacial score (nSPS) is 12.0. The smallest absolute Gasteiger partial charge is 0.305 e. The van der Waals surface area contributed by atoms with Crippen molar-refractivity contribution in [1.82, 2.24) is 15.5 Å². The molecule has 3 N–H and O–H groups in total. The number of hydrogen-bond donors (Lipinski definition) is 3. The molecule has 1 heterocycles. The summed E-state index contributed by atoms with van der Waals surface area (Å²) in [4.78, 5) is 23.7. The molecule has 1 aromatic heterocycles. The monoisotopic (exact) mass is 323 g/mol. The van der Waals surface area contributed by atoms with Gasteiger partial charge in [-0.15, -0.1) is 0 Å². The molecule has 0 fully saturated rings.